The van der Waals surface area contributed by atoms with Crippen molar-refractivity contribution in [2.45, 2.75) is 6.17 Å². The van der Waals surface area contributed by atoms with Gasteiger partial charge in [-0.1, -0.05) is 0 Å². The number of hydrogen-bond donors (Lipinski definition) is 1. The number of allylic oxidation sites excluding steroid dienone is 2. The van der Waals surface area contributed by atoms with Crippen molar-refractivity contribution in [3.63, 3.8) is 0 Å². The topological polar surface area (TPSA) is 46.0 Å². The maximum atomic E-state index is 5.46. The molecule has 1 unspecified atom stereocenters. The summed E-state index contributed by atoms with van der Waals surface area (Å²) in [4.78, 5) is 8.47. The summed E-state index contributed by atoms with van der Waals surface area (Å²) in [6, 6.07) is 0. The van der Waals surface area contributed by atoms with Gasteiger partial charge in [0.25, 0.3) is 0 Å². The number of nitrogens with one attached hydrogen (secondary N) is 1. The largest absolute Gasteiger partial charge is 0.488 e. The van der Waals surface area contributed by atoms with E-state index < -0.39 is 0 Å². The number of hydrogen-bond acceptors (Lipinski definition) is 4. The predicted octanol–water partition coefficient (Wildman–Crippen LogP) is 0.239. The molecule has 0 fully saturated rings. The zero-order valence-electron chi connectivity index (χ0n) is 7.03. The number of aliphatic imine (C=N–C) groups is 2. The highest BCUT2D eigenvalue weighted by Gasteiger charge is 2.27. The van der Waals surface area contributed by atoms with Crippen LogP contribution in [-0.4, -0.2) is 31.7 Å². The number of fused-ring (bicyclic) bond motifs is 2. The molecule has 66 valence electrons. The Hall–Kier alpha value is -1.58. The summed E-state index contributed by atoms with van der Waals surface area (Å²) in [5.74, 6) is 0.847. The molecule has 0 aliphatic carbocycles. The third-order valence-electron chi connectivity index (χ3n) is 2.29. The normalized spacial score (nSPS) is 28.9. The summed E-state index contributed by atoms with van der Waals surface area (Å²) in [5, 5.41) is 3.31. The van der Waals surface area contributed by atoms with Crippen LogP contribution in [0, 0.1) is 0 Å². The minimum atomic E-state index is -0.0343. The van der Waals surface area contributed by atoms with Crippen LogP contribution < -0.4 is 5.32 Å². The van der Waals surface area contributed by atoms with Crippen molar-refractivity contribution in [3.8, 4) is 0 Å². The second-order valence-electron chi connectivity index (χ2n) is 3.09. The zero-order chi connectivity index (χ0) is 8.67. The van der Waals surface area contributed by atoms with Gasteiger partial charge in [0.2, 0.25) is 0 Å². The van der Waals surface area contributed by atoms with E-state index in [0.29, 0.717) is 6.61 Å². The van der Waals surface area contributed by atoms with Crippen molar-refractivity contribution < 1.29 is 4.74 Å². The van der Waals surface area contributed by atoms with Crippen LogP contribution >= 0.6 is 0 Å². The monoisotopic (exact) mass is 175 g/mol. The standard InChI is InChI=1S/C9H9N3O/c1-2-11-9-6(1)8-7(5-12-9)13-4-3-10-8/h1-2,5,9-10H,3-4H2. The van der Waals surface area contributed by atoms with E-state index in [1.165, 1.54) is 0 Å². The lowest BCUT2D eigenvalue weighted by atomic mass is 10.1. The van der Waals surface area contributed by atoms with Crippen molar-refractivity contribution >= 4 is 12.4 Å². The van der Waals surface area contributed by atoms with Crippen LogP contribution in [0.4, 0.5) is 0 Å². The van der Waals surface area contributed by atoms with Crippen LogP contribution in [0.5, 0.6) is 0 Å². The van der Waals surface area contributed by atoms with Gasteiger partial charge in [-0.3, -0.25) is 9.98 Å². The van der Waals surface area contributed by atoms with Gasteiger partial charge in [-0.15, -0.1) is 0 Å². The van der Waals surface area contributed by atoms with Crippen molar-refractivity contribution in [1.29, 1.82) is 0 Å². The van der Waals surface area contributed by atoms with Gasteiger partial charge in [0.1, 0.15) is 6.61 Å². The molecule has 0 bridgehead atoms. The first-order valence-electron chi connectivity index (χ1n) is 4.33. The minimum absolute atomic E-state index is 0.0343. The summed E-state index contributed by atoms with van der Waals surface area (Å²) >= 11 is 0. The first-order chi connectivity index (χ1) is 6.45. The summed E-state index contributed by atoms with van der Waals surface area (Å²) in [5.41, 5.74) is 2.18. The molecule has 3 rings (SSSR count). The number of rotatable bonds is 0. The van der Waals surface area contributed by atoms with E-state index in [9.17, 15) is 0 Å². The van der Waals surface area contributed by atoms with Crippen molar-refractivity contribution in [2.75, 3.05) is 13.2 Å². The van der Waals surface area contributed by atoms with Crippen molar-refractivity contribution in [2.24, 2.45) is 9.98 Å². The quantitative estimate of drug-likeness (QED) is 0.573. The smallest absolute Gasteiger partial charge is 0.167 e. The third kappa shape index (κ3) is 0.915. The van der Waals surface area contributed by atoms with Crippen LogP contribution in [0.3, 0.4) is 0 Å². The van der Waals surface area contributed by atoms with Gasteiger partial charge < -0.3 is 10.1 Å². The summed E-state index contributed by atoms with van der Waals surface area (Å²) in [6.07, 6.45) is 5.50. The van der Waals surface area contributed by atoms with Gasteiger partial charge in [0, 0.05) is 18.3 Å². The molecule has 4 nitrogen and oxygen atoms in total. The molecule has 0 radical (unpaired) electrons. The van der Waals surface area contributed by atoms with Crippen molar-refractivity contribution in [1.82, 2.24) is 5.32 Å². The molecule has 3 aliphatic heterocycles. The molecule has 0 aromatic carbocycles. The highest BCUT2D eigenvalue weighted by Crippen LogP contribution is 2.27. The molecular formula is C9H9N3O. The Bertz CT molecular complexity index is 365. The summed E-state index contributed by atoms with van der Waals surface area (Å²) in [7, 11) is 0. The van der Waals surface area contributed by atoms with E-state index in [0.717, 1.165) is 23.6 Å². The van der Waals surface area contributed by atoms with E-state index in [1.54, 1.807) is 12.4 Å². The SMILES string of the molecule is C1=NC2N=CC3=C(NCCO3)C2=C1. The Morgan fingerprint density at radius 2 is 2.46 bits per heavy atom. The van der Waals surface area contributed by atoms with E-state index in [4.69, 9.17) is 4.74 Å². The third-order valence-corrected chi connectivity index (χ3v) is 2.29. The van der Waals surface area contributed by atoms with Gasteiger partial charge in [0.05, 0.1) is 11.9 Å². The van der Waals surface area contributed by atoms with Gasteiger partial charge in [-0.05, 0) is 6.08 Å². The van der Waals surface area contributed by atoms with E-state index in [-0.39, 0.29) is 6.17 Å². The Labute approximate surface area is 75.7 Å². The van der Waals surface area contributed by atoms with E-state index >= 15 is 0 Å². The second kappa shape index (κ2) is 2.45. The Balaban J connectivity index is 2.07. The maximum absolute atomic E-state index is 5.46. The average molecular weight is 175 g/mol. The van der Waals surface area contributed by atoms with Crippen LogP contribution in [-0.2, 0) is 4.74 Å². The van der Waals surface area contributed by atoms with Crippen molar-refractivity contribution in [3.05, 3.63) is 23.1 Å². The van der Waals surface area contributed by atoms with E-state index in [1.807, 2.05) is 6.08 Å². The molecular weight excluding hydrogens is 166 g/mol. The summed E-state index contributed by atoms with van der Waals surface area (Å²) in [6.45, 7) is 1.57. The lowest BCUT2D eigenvalue weighted by Crippen LogP contribution is -2.32. The fraction of sp³-hybridized carbons (Fsp3) is 0.333. The second-order valence-corrected chi connectivity index (χ2v) is 3.09. The Morgan fingerprint density at radius 1 is 1.46 bits per heavy atom. The van der Waals surface area contributed by atoms with E-state index in [2.05, 4.69) is 15.3 Å². The average Bonchev–Trinajstić information content (AvgIpc) is 2.65. The Morgan fingerprint density at radius 3 is 3.46 bits per heavy atom. The van der Waals surface area contributed by atoms with Crippen LogP contribution in [0.25, 0.3) is 0 Å². The van der Waals surface area contributed by atoms with Gasteiger partial charge >= 0.3 is 0 Å². The highest BCUT2D eigenvalue weighted by atomic mass is 16.5. The van der Waals surface area contributed by atoms with Crippen LogP contribution in [0.15, 0.2) is 33.1 Å². The number of nitrogens with zero attached hydrogens (tertiary/aromatic N) is 2. The molecule has 0 saturated heterocycles. The lowest BCUT2D eigenvalue weighted by Gasteiger charge is -2.25. The molecule has 3 heterocycles. The maximum Gasteiger partial charge on any atom is 0.167 e. The Kier molecular flexibility index (Phi) is 1.30. The van der Waals surface area contributed by atoms with Gasteiger partial charge in [-0.2, -0.15) is 0 Å². The lowest BCUT2D eigenvalue weighted by molar-refractivity contribution is 0.211. The first-order valence-corrected chi connectivity index (χ1v) is 4.33. The molecule has 1 N–H and O–H groups in total. The number of ether oxygens (including phenoxy) is 1. The molecule has 13 heavy (non-hydrogen) atoms. The summed E-state index contributed by atoms with van der Waals surface area (Å²) < 4.78 is 5.46. The number of dihydropyridines is 1. The fourth-order valence-electron chi connectivity index (χ4n) is 1.68. The predicted molar refractivity (Wildman–Crippen MR) is 49.8 cm³/mol. The zero-order valence-corrected chi connectivity index (χ0v) is 7.03. The molecule has 0 spiro atoms. The molecule has 0 amide bonds. The molecule has 0 aromatic heterocycles. The molecule has 4 heteroatoms. The van der Waals surface area contributed by atoms with Crippen LogP contribution in [0.1, 0.15) is 0 Å². The minimum Gasteiger partial charge on any atom is -0.488 e. The molecule has 3 aliphatic rings. The molecule has 0 saturated carbocycles. The van der Waals surface area contributed by atoms with Gasteiger partial charge in [0.15, 0.2) is 11.9 Å². The molecule has 0 aromatic rings. The fourth-order valence-corrected chi connectivity index (χ4v) is 1.68. The highest BCUT2D eigenvalue weighted by molar-refractivity contribution is 5.86. The van der Waals surface area contributed by atoms with Crippen LogP contribution in [0.2, 0.25) is 0 Å². The molecule has 1 atom stereocenters. The van der Waals surface area contributed by atoms with Gasteiger partial charge in [-0.25, -0.2) is 0 Å². The first kappa shape index (κ1) is 6.88.